The van der Waals surface area contributed by atoms with Crippen molar-refractivity contribution in [1.29, 1.82) is 0 Å². The highest BCUT2D eigenvalue weighted by Gasteiger charge is 2.55. The zero-order valence-corrected chi connectivity index (χ0v) is 23.2. The standard InChI is InChI=1S/C26H35BrO9/c1-15-12-26(25(31)32-6,35-21-9-7-20(13-27)8-10-21)36-24(22(15)11-16(2)28)17(3)23(34-19(5)30)14-33-18(4)29/h7-10,15,17,22-24H,11-14H2,1-6H3/t15-,17+,22+,23+,24?,26+/m0/s1. The summed E-state index contributed by atoms with van der Waals surface area (Å²) in [5.41, 5.74) is 1.02. The molecule has 1 saturated heterocycles. The summed E-state index contributed by atoms with van der Waals surface area (Å²) in [4.78, 5) is 48.6. The first-order chi connectivity index (χ1) is 16.9. The molecule has 1 unspecified atom stereocenters. The second-order valence-corrected chi connectivity index (χ2v) is 9.83. The molecule has 0 N–H and O–H groups in total. The van der Waals surface area contributed by atoms with Crippen LogP contribution in [-0.4, -0.2) is 55.4 Å². The molecule has 1 heterocycles. The maximum atomic E-state index is 13.1. The highest BCUT2D eigenvalue weighted by molar-refractivity contribution is 9.08. The summed E-state index contributed by atoms with van der Waals surface area (Å²) in [6.45, 7) is 7.48. The van der Waals surface area contributed by atoms with Crippen molar-refractivity contribution in [3.8, 4) is 5.75 Å². The Morgan fingerprint density at radius 1 is 1.11 bits per heavy atom. The third-order valence-electron chi connectivity index (χ3n) is 6.32. The summed E-state index contributed by atoms with van der Waals surface area (Å²) in [5.74, 6) is -4.33. The Kier molecular flexibility index (Phi) is 10.9. The fourth-order valence-corrected chi connectivity index (χ4v) is 4.92. The number of rotatable bonds is 11. The molecule has 0 saturated carbocycles. The number of hydrogen-bond donors (Lipinski definition) is 0. The third-order valence-corrected chi connectivity index (χ3v) is 6.97. The van der Waals surface area contributed by atoms with E-state index < -0.39 is 41.8 Å². The van der Waals surface area contributed by atoms with Crippen molar-refractivity contribution >= 4 is 39.6 Å². The molecule has 1 aliphatic heterocycles. The van der Waals surface area contributed by atoms with E-state index in [4.69, 9.17) is 23.7 Å². The van der Waals surface area contributed by atoms with E-state index in [1.54, 1.807) is 19.1 Å². The van der Waals surface area contributed by atoms with Crippen LogP contribution < -0.4 is 4.74 Å². The minimum atomic E-state index is -1.79. The Bertz CT molecular complexity index is 932. The summed E-state index contributed by atoms with van der Waals surface area (Å²) in [6.07, 6.45) is -1.31. The largest absolute Gasteiger partial charge is 0.464 e. The van der Waals surface area contributed by atoms with E-state index in [2.05, 4.69) is 15.9 Å². The maximum Gasteiger partial charge on any atom is 0.379 e. The van der Waals surface area contributed by atoms with Gasteiger partial charge in [-0.3, -0.25) is 9.59 Å². The predicted molar refractivity (Wildman–Crippen MR) is 133 cm³/mol. The number of ketones is 1. The van der Waals surface area contributed by atoms with Gasteiger partial charge in [-0.25, -0.2) is 4.79 Å². The van der Waals surface area contributed by atoms with Crippen LogP contribution in [0.5, 0.6) is 5.75 Å². The number of carbonyl (C=O) groups excluding carboxylic acids is 4. The molecular weight excluding hydrogens is 536 g/mol. The number of methoxy groups -OCH3 is 1. The zero-order chi connectivity index (χ0) is 27.0. The molecule has 1 fully saturated rings. The van der Waals surface area contributed by atoms with Crippen LogP contribution in [0.25, 0.3) is 0 Å². The van der Waals surface area contributed by atoms with E-state index in [1.807, 2.05) is 19.1 Å². The van der Waals surface area contributed by atoms with Gasteiger partial charge in [-0.05, 0) is 36.5 Å². The Balaban J connectivity index is 2.49. The molecule has 0 bridgehead atoms. The molecule has 10 heteroatoms. The molecule has 0 aromatic heterocycles. The lowest BCUT2D eigenvalue weighted by molar-refractivity contribution is -0.279. The van der Waals surface area contributed by atoms with E-state index in [1.165, 1.54) is 27.9 Å². The lowest BCUT2D eigenvalue weighted by atomic mass is 9.73. The fourth-order valence-electron chi connectivity index (χ4n) is 4.55. The molecule has 36 heavy (non-hydrogen) atoms. The van der Waals surface area contributed by atoms with Crippen LogP contribution in [0.15, 0.2) is 24.3 Å². The summed E-state index contributed by atoms with van der Waals surface area (Å²) >= 11 is 3.40. The summed E-state index contributed by atoms with van der Waals surface area (Å²) in [7, 11) is 1.25. The SMILES string of the molecule is COC(=O)[C@@]1(Oc2ccc(CBr)cc2)C[C@H](C)[C@@H](CC(C)=O)C([C@H](C)[C@@H](COC(C)=O)OC(C)=O)O1. The maximum absolute atomic E-state index is 13.1. The van der Waals surface area contributed by atoms with Crippen molar-refractivity contribution in [2.75, 3.05) is 13.7 Å². The van der Waals surface area contributed by atoms with E-state index in [9.17, 15) is 19.2 Å². The number of hydrogen-bond acceptors (Lipinski definition) is 9. The van der Waals surface area contributed by atoms with Crippen molar-refractivity contribution in [2.24, 2.45) is 17.8 Å². The van der Waals surface area contributed by atoms with Crippen LogP contribution in [-0.2, 0) is 43.5 Å². The van der Waals surface area contributed by atoms with Crippen molar-refractivity contribution < 1.29 is 42.9 Å². The van der Waals surface area contributed by atoms with Crippen molar-refractivity contribution in [2.45, 2.75) is 70.8 Å². The van der Waals surface area contributed by atoms with Gasteiger partial charge in [0.05, 0.1) is 13.2 Å². The molecule has 0 radical (unpaired) electrons. The molecule has 0 amide bonds. The van der Waals surface area contributed by atoms with E-state index >= 15 is 0 Å². The number of ether oxygens (including phenoxy) is 5. The molecule has 2 rings (SSSR count). The number of Topliss-reactive ketones (excluding diaryl/α,β-unsaturated/α-hetero) is 1. The average Bonchev–Trinajstić information content (AvgIpc) is 2.82. The van der Waals surface area contributed by atoms with E-state index in [0.29, 0.717) is 11.1 Å². The first-order valence-corrected chi connectivity index (χ1v) is 12.9. The number of esters is 3. The second-order valence-electron chi connectivity index (χ2n) is 9.27. The Hall–Kier alpha value is -2.46. The summed E-state index contributed by atoms with van der Waals surface area (Å²) in [5, 5.41) is 0.662. The first kappa shape index (κ1) is 29.8. The normalized spacial score (nSPS) is 25.2. The zero-order valence-electron chi connectivity index (χ0n) is 21.6. The van der Waals surface area contributed by atoms with E-state index in [0.717, 1.165) is 5.56 Å². The molecular formula is C26H35BrO9. The average molecular weight is 571 g/mol. The van der Waals surface area contributed by atoms with Crippen LogP contribution in [0.3, 0.4) is 0 Å². The lowest BCUT2D eigenvalue weighted by Gasteiger charge is -2.48. The Labute approximate surface area is 220 Å². The second kappa shape index (κ2) is 13.2. The molecule has 6 atom stereocenters. The van der Waals surface area contributed by atoms with Gasteiger partial charge in [0.25, 0.3) is 0 Å². The molecule has 9 nitrogen and oxygen atoms in total. The summed E-state index contributed by atoms with van der Waals surface area (Å²) < 4.78 is 28.3. The minimum absolute atomic E-state index is 0.0477. The quantitative estimate of drug-likeness (QED) is 0.221. The lowest BCUT2D eigenvalue weighted by Crippen LogP contribution is -2.60. The minimum Gasteiger partial charge on any atom is -0.464 e. The van der Waals surface area contributed by atoms with Crippen LogP contribution in [0.1, 0.15) is 53.0 Å². The van der Waals surface area contributed by atoms with Gasteiger partial charge in [0.15, 0.2) is 0 Å². The van der Waals surface area contributed by atoms with Gasteiger partial charge in [-0.15, -0.1) is 0 Å². The van der Waals surface area contributed by atoms with Gasteiger partial charge >= 0.3 is 23.7 Å². The predicted octanol–water partition coefficient (Wildman–Crippen LogP) is 3.98. The van der Waals surface area contributed by atoms with Crippen LogP contribution in [0, 0.1) is 17.8 Å². The third kappa shape index (κ3) is 7.77. The van der Waals surface area contributed by atoms with Gasteiger partial charge in [0.2, 0.25) is 0 Å². The van der Waals surface area contributed by atoms with Gasteiger partial charge in [-0.2, -0.15) is 0 Å². The monoisotopic (exact) mass is 570 g/mol. The molecule has 0 spiro atoms. The number of halogens is 1. The Morgan fingerprint density at radius 3 is 2.25 bits per heavy atom. The highest BCUT2D eigenvalue weighted by atomic mass is 79.9. The Morgan fingerprint density at radius 2 is 1.75 bits per heavy atom. The van der Waals surface area contributed by atoms with Gasteiger partial charge in [0.1, 0.15) is 24.2 Å². The smallest absolute Gasteiger partial charge is 0.379 e. The molecule has 1 aromatic rings. The molecule has 1 aromatic carbocycles. The van der Waals surface area contributed by atoms with E-state index in [-0.39, 0.29) is 37.1 Å². The van der Waals surface area contributed by atoms with Crippen LogP contribution in [0.4, 0.5) is 0 Å². The van der Waals surface area contributed by atoms with Crippen LogP contribution in [0.2, 0.25) is 0 Å². The van der Waals surface area contributed by atoms with Crippen molar-refractivity contribution in [3.63, 3.8) is 0 Å². The molecule has 0 aliphatic carbocycles. The van der Waals surface area contributed by atoms with Gasteiger partial charge in [-0.1, -0.05) is 41.9 Å². The first-order valence-electron chi connectivity index (χ1n) is 11.8. The summed E-state index contributed by atoms with van der Waals surface area (Å²) in [6, 6.07) is 7.18. The highest BCUT2D eigenvalue weighted by Crippen LogP contribution is 2.44. The molecule has 200 valence electrons. The van der Waals surface area contributed by atoms with Crippen molar-refractivity contribution in [1.82, 2.24) is 0 Å². The number of carbonyl (C=O) groups is 4. The van der Waals surface area contributed by atoms with Gasteiger partial charge < -0.3 is 28.5 Å². The van der Waals surface area contributed by atoms with Gasteiger partial charge in [0, 0.05) is 37.9 Å². The topological polar surface area (TPSA) is 114 Å². The number of benzene rings is 1. The fraction of sp³-hybridized carbons (Fsp3) is 0.615. The van der Waals surface area contributed by atoms with Crippen molar-refractivity contribution in [3.05, 3.63) is 29.8 Å². The van der Waals surface area contributed by atoms with Crippen LogP contribution >= 0.6 is 15.9 Å². The number of alkyl halides is 1. The molecule has 1 aliphatic rings.